The van der Waals surface area contributed by atoms with Gasteiger partial charge in [-0.05, 0) is 31.0 Å². The maximum atomic E-state index is 12.0. The van der Waals surface area contributed by atoms with Gasteiger partial charge in [-0.3, -0.25) is 14.6 Å². The van der Waals surface area contributed by atoms with Crippen molar-refractivity contribution >= 4 is 11.8 Å². The van der Waals surface area contributed by atoms with Crippen LogP contribution >= 0.6 is 0 Å². The number of amides is 2. The first-order chi connectivity index (χ1) is 11.1. The quantitative estimate of drug-likeness (QED) is 0.853. The molecule has 2 N–H and O–H groups in total. The molecule has 0 fully saturated rings. The van der Waals surface area contributed by atoms with Crippen LogP contribution in [-0.4, -0.2) is 27.8 Å². The lowest BCUT2D eigenvalue weighted by molar-refractivity contribution is 0.0932. The number of carbonyl (C=O) groups is 2. The molecule has 0 spiro atoms. The van der Waals surface area contributed by atoms with Crippen LogP contribution in [0.3, 0.4) is 0 Å². The minimum Gasteiger partial charge on any atom is -0.350 e. The predicted octanol–water partition coefficient (Wildman–Crippen LogP) is 1.93. The predicted molar refractivity (Wildman–Crippen MR) is 86.9 cm³/mol. The van der Waals surface area contributed by atoms with E-state index in [0.717, 1.165) is 12.0 Å². The van der Waals surface area contributed by atoms with Gasteiger partial charge in [0.2, 0.25) is 0 Å². The van der Waals surface area contributed by atoms with Crippen LogP contribution in [0.25, 0.3) is 0 Å². The largest absolute Gasteiger partial charge is 0.350 e. The van der Waals surface area contributed by atoms with Gasteiger partial charge in [-0.1, -0.05) is 19.1 Å². The van der Waals surface area contributed by atoms with Gasteiger partial charge in [-0.2, -0.15) is 0 Å². The van der Waals surface area contributed by atoms with E-state index in [9.17, 15) is 9.59 Å². The molecule has 0 aliphatic heterocycles. The minimum atomic E-state index is -0.281. The molecule has 0 radical (unpaired) electrons. The first-order valence-electron chi connectivity index (χ1n) is 7.54. The van der Waals surface area contributed by atoms with Gasteiger partial charge >= 0.3 is 0 Å². The van der Waals surface area contributed by atoms with Crippen molar-refractivity contribution in [2.75, 3.05) is 0 Å². The molecule has 0 saturated heterocycles. The number of benzene rings is 1. The van der Waals surface area contributed by atoms with E-state index in [2.05, 4.69) is 20.6 Å². The molecule has 0 aliphatic rings. The van der Waals surface area contributed by atoms with Gasteiger partial charge in [0.1, 0.15) is 5.69 Å². The Morgan fingerprint density at radius 1 is 1.13 bits per heavy atom. The lowest BCUT2D eigenvalue weighted by Gasteiger charge is -2.11. The van der Waals surface area contributed by atoms with Gasteiger partial charge in [-0.25, -0.2) is 4.98 Å². The first kappa shape index (κ1) is 16.6. The Morgan fingerprint density at radius 2 is 1.87 bits per heavy atom. The fourth-order valence-corrected chi connectivity index (χ4v) is 1.87. The summed E-state index contributed by atoms with van der Waals surface area (Å²) in [4.78, 5) is 31.6. The van der Waals surface area contributed by atoms with Crippen molar-refractivity contribution in [3.05, 3.63) is 59.7 Å². The van der Waals surface area contributed by atoms with Crippen molar-refractivity contribution in [1.82, 2.24) is 20.6 Å². The first-order valence-corrected chi connectivity index (χ1v) is 7.54. The molecule has 1 aromatic carbocycles. The molecule has 23 heavy (non-hydrogen) atoms. The summed E-state index contributed by atoms with van der Waals surface area (Å²) < 4.78 is 0. The summed E-state index contributed by atoms with van der Waals surface area (Å²) in [7, 11) is 0. The van der Waals surface area contributed by atoms with E-state index < -0.39 is 0 Å². The summed E-state index contributed by atoms with van der Waals surface area (Å²) in [5.41, 5.74) is 1.79. The van der Waals surface area contributed by atoms with Crippen LogP contribution in [0.4, 0.5) is 0 Å². The monoisotopic (exact) mass is 312 g/mol. The Bertz CT molecular complexity index is 656. The summed E-state index contributed by atoms with van der Waals surface area (Å²) in [5.74, 6) is -0.369. The molecule has 1 aromatic heterocycles. The number of aromatic nitrogens is 2. The van der Waals surface area contributed by atoms with Crippen molar-refractivity contribution in [3.63, 3.8) is 0 Å². The fraction of sp³-hybridized carbons (Fsp3) is 0.294. The summed E-state index contributed by atoms with van der Waals surface area (Å²) >= 11 is 0. The number of carbonyl (C=O) groups excluding carboxylic acids is 2. The molecular weight excluding hydrogens is 292 g/mol. The zero-order chi connectivity index (χ0) is 16.7. The molecule has 1 unspecified atom stereocenters. The van der Waals surface area contributed by atoms with Crippen LogP contribution < -0.4 is 10.6 Å². The highest BCUT2D eigenvalue weighted by molar-refractivity contribution is 5.94. The highest BCUT2D eigenvalue weighted by atomic mass is 16.2. The normalized spacial score (nSPS) is 11.6. The Balaban J connectivity index is 1.90. The van der Waals surface area contributed by atoms with Crippen LogP contribution in [0.1, 0.15) is 46.7 Å². The summed E-state index contributed by atoms with van der Waals surface area (Å²) in [6.07, 6.45) is 5.29. The third-order valence-corrected chi connectivity index (χ3v) is 3.45. The maximum Gasteiger partial charge on any atom is 0.271 e. The number of nitrogens with zero attached hydrogens (tertiary/aromatic N) is 2. The molecule has 2 amide bonds. The van der Waals surface area contributed by atoms with Crippen LogP contribution in [0, 0.1) is 0 Å². The molecule has 1 heterocycles. The third-order valence-electron chi connectivity index (χ3n) is 3.45. The van der Waals surface area contributed by atoms with Crippen molar-refractivity contribution < 1.29 is 9.59 Å². The molecule has 1 atom stereocenters. The summed E-state index contributed by atoms with van der Waals surface area (Å²) in [5, 5.41) is 5.68. The Morgan fingerprint density at radius 3 is 2.48 bits per heavy atom. The number of hydrogen-bond donors (Lipinski definition) is 2. The van der Waals surface area contributed by atoms with E-state index in [1.807, 2.05) is 26.0 Å². The molecule has 120 valence electrons. The van der Waals surface area contributed by atoms with Gasteiger partial charge in [0.15, 0.2) is 0 Å². The van der Waals surface area contributed by atoms with Crippen molar-refractivity contribution in [3.8, 4) is 0 Å². The average molecular weight is 312 g/mol. The lowest BCUT2D eigenvalue weighted by atomic mass is 10.1. The Labute approximate surface area is 135 Å². The van der Waals surface area contributed by atoms with Crippen molar-refractivity contribution in [2.45, 2.75) is 32.9 Å². The van der Waals surface area contributed by atoms with Gasteiger partial charge in [0.05, 0.1) is 6.20 Å². The zero-order valence-corrected chi connectivity index (χ0v) is 13.2. The minimum absolute atomic E-state index is 0.0884. The Kier molecular flexibility index (Phi) is 5.80. The smallest absolute Gasteiger partial charge is 0.271 e. The highest BCUT2D eigenvalue weighted by Gasteiger charge is 2.09. The maximum absolute atomic E-state index is 12.0. The molecule has 2 rings (SSSR count). The van der Waals surface area contributed by atoms with Crippen molar-refractivity contribution in [1.29, 1.82) is 0 Å². The standard InChI is InChI=1S/C17H20N4O2/c1-3-12(2)21-16(22)14-6-4-13(5-7-14)10-20-17(23)15-11-18-8-9-19-15/h4-9,11-12H,3,10H2,1-2H3,(H,20,23)(H,21,22). The van der Waals surface area contributed by atoms with Crippen LogP contribution in [-0.2, 0) is 6.54 Å². The van der Waals surface area contributed by atoms with Gasteiger partial charge < -0.3 is 10.6 Å². The zero-order valence-electron chi connectivity index (χ0n) is 13.2. The van der Waals surface area contributed by atoms with Gasteiger partial charge in [0.25, 0.3) is 11.8 Å². The highest BCUT2D eigenvalue weighted by Crippen LogP contribution is 2.05. The number of nitrogens with one attached hydrogen (secondary N) is 2. The van der Waals surface area contributed by atoms with Crippen LogP contribution in [0.2, 0.25) is 0 Å². The van der Waals surface area contributed by atoms with E-state index in [1.54, 1.807) is 12.1 Å². The second-order valence-corrected chi connectivity index (χ2v) is 5.25. The van der Waals surface area contributed by atoms with Gasteiger partial charge in [0, 0.05) is 30.5 Å². The second kappa shape index (κ2) is 8.03. The number of hydrogen-bond acceptors (Lipinski definition) is 4. The SMILES string of the molecule is CCC(C)NC(=O)c1ccc(CNC(=O)c2cnccn2)cc1. The molecule has 6 heteroatoms. The Hall–Kier alpha value is -2.76. The molecule has 2 aromatic rings. The molecule has 0 bridgehead atoms. The van der Waals surface area contributed by atoms with Gasteiger partial charge in [-0.15, -0.1) is 0 Å². The topological polar surface area (TPSA) is 84.0 Å². The third kappa shape index (κ3) is 4.88. The molecule has 6 nitrogen and oxygen atoms in total. The molecular formula is C17H20N4O2. The second-order valence-electron chi connectivity index (χ2n) is 5.25. The molecule has 0 aliphatic carbocycles. The van der Waals surface area contributed by atoms with Crippen LogP contribution in [0.15, 0.2) is 42.9 Å². The van der Waals surface area contributed by atoms with Crippen molar-refractivity contribution in [2.24, 2.45) is 0 Å². The van der Waals surface area contributed by atoms with E-state index in [4.69, 9.17) is 0 Å². The molecule has 0 saturated carbocycles. The fourth-order valence-electron chi connectivity index (χ4n) is 1.87. The lowest BCUT2D eigenvalue weighted by Crippen LogP contribution is -2.31. The van der Waals surface area contributed by atoms with Crippen LogP contribution in [0.5, 0.6) is 0 Å². The van der Waals surface area contributed by atoms with E-state index in [0.29, 0.717) is 12.1 Å². The number of rotatable bonds is 6. The summed E-state index contributed by atoms with van der Waals surface area (Å²) in [6.45, 7) is 4.35. The van der Waals surface area contributed by atoms with E-state index in [1.165, 1.54) is 18.6 Å². The van der Waals surface area contributed by atoms with E-state index in [-0.39, 0.29) is 23.6 Å². The van der Waals surface area contributed by atoms with E-state index >= 15 is 0 Å². The average Bonchev–Trinajstić information content (AvgIpc) is 2.60. The summed E-state index contributed by atoms with van der Waals surface area (Å²) in [6, 6.07) is 7.29.